The van der Waals surface area contributed by atoms with Crippen LogP contribution in [0.3, 0.4) is 0 Å². The predicted molar refractivity (Wildman–Crippen MR) is 150 cm³/mol. The molecule has 4 aromatic rings. The number of imidazole rings is 1. The van der Waals surface area contributed by atoms with Gasteiger partial charge in [-0.3, -0.25) is 0 Å². The number of amides is 1. The molecule has 0 unspecified atom stereocenters. The van der Waals surface area contributed by atoms with Gasteiger partial charge in [-0.25, -0.2) is 19.7 Å². The molecule has 0 fully saturated rings. The van der Waals surface area contributed by atoms with Gasteiger partial charge in [0, 0.05) is 48.7 Å². The topological polar surface area (TPSA) is 94.4 Å². The fourth-order valence-corrected chi connectivity index (χ4v) is 4.63. The summed E-state index contributed by atoms with van der Waals surface area (Å²) in [5, 5.41) is 3.38. The predicted octanol–water partition coefficient (Wildman–Crippen LogP) is 5.61. The van der Waals surface area contributed by atoms with E-state index < -0.39 is 5.60 Å². The summed E-state index contributed by atoms with van der Waals surface area (Å²) in [5.41, 5.74) is 5.20. The molecule has 0 aliphatic carbocycles. The first-order chi connectivity index (χ1) is 18.7. The van der Waals surface area contributed by atoms with Crippen molar-refractivity contribution in [3.8, 4) is 11.4 Å². The standard InChI is InChI=1S/C30H34N6O3/c1-20-31-14-16-36(20)23-11-9-22(10-12-23)32-28-33-26-13-15-35(29(37)39-30(2,3)4)19-25(26)27(34-28)18-21-7-6-8-24(17-21)38-5/h6-12,14,16-17H,13,15,18-19H2,1-5H3,(H,32,33,34). The molecule has 39 heavy (non-hydrogen) atoms. The highest BCUT2D eigenvalue weighted by atomic mass is 16.6. The van der Waals surface area contributed by atoms with Crippen LogP contribution in [-0.2, 0) is 24.1 Å². The second-order valence-electron chi connectivity index (χ2n) is 10.6. The molecule has 0 radical (unpaired) electrons. The molecular formula is C30H34N6O3. The molecule has 1 amide bonds. The number of ether oxygens (including phenoxy) is 2. The number of aromatic nitrogens is 4. The SMILES string of the molecule is COc1cccc(Cc2nc(Nc3ccc(-n4ccnc4C)cc3)nc3c2CN(C(=O)OC(C)(C)C)CC3)c1. The highest BCUT2D eigenvalue weighted by Crippen LogP contribution is 2.27. The van der Waals surface area contributed by atoms with E-state index in [-0.39, 0.29) is 6.09 Å². The van der Waals surface area contributed by atoms with Crippen LogP contribution in [0.2, 0.25) is 0 Å². The van der Waals surface area contributed by atoms with E-state index >= 15 is 0 Å². The van der Waals surface area contributed by atoms with Gasteiger partial charge < -0.3 is 24.3 Å². The van der Waals surface area contributed by atoms with E-state index in [4.69, 9.17) is 19.4 Å². The third kappa shape index (κ3) is 6.19. The number of carbonyl (C=O) groups excluding carboxylic acids is 1. The minimum atomic E-state index is -0.558. The number of rotatable bonds is 6. The lowest BCUT2D eigenvalue weighted by molar-refractivity contribution is 0.0222. The Morgan fingerprint density at radius 3 is 2.59 bits per heavy atom. The smallest absolute Gasteiger partial charge is 0.410 e. The summed E-state index contributed by atoms with van der Waals surface area (Å²) in [4.78, 5) is 28.7. The molecule has 9 heteroatoms. The molecule has 5 rings (SSSR count). The van der Waals surface area contributed by atoms with Crippen LogP contribution in [0.5, 0.6) is 5.75 Å². The van der Waals surface area contributed by atoms with Gasteiger partial charge in [-0.2, -0.15) is 0 Å². The van der Waals surface area contributed by atoms with E-state index in [1.54, 1.807) is 18.2 Å². The van der Waals surface area contributed by atoms with Gasteiger partial charge in [0.1, 0.15) is 17.2 Å². The van der Waals surface area contributed by atoms with Crippen LogP contribution in [0.25, 0.3) is 5.69 Å². The molecule has 0 bridgehead atoms. The van der Waals surface area contributed by atoms with Crippen LogP contribution in [0.15, 0.2) is 60.9 Å². The number of nitrogens with one attached hydrogen (secondary N) is 1. The maximum absolute atomic E-state index is 12.8. The maximum Gasteiger partial charge on any atom is 0.410 e. The summed E-state index contributed by atoms with van der Waals surface area (Å²) in [6.07, 6.45) is 4.61. The van der Waals surface area contributed by atoms with E-state index in [1.165, 1.54) is 0 Å². The average molecular weight is 527 g/mol. The molecule has 202 valence electrons. The number of aryl methyl sites for hydroxylation is 1. The highest BCUT2D eigenvalue weighted by molar-refractivity contribution is 5.69. The largest absolute Gasteiger partial charge is 0.497 e. The number of carbonyl (C=O) groups is 1. The van der Waals surface area contributed by atoms with Crippen molar-refractivity contribution >= 4 is 17.7 Å². The Bertz CT molecular complexity index is 1470. The summed E-state index contributed by atoms with van der Waals surface area (Å²) < 4.78 is 13.1. The van der Waals surface area contributed by atoms with Crippen LogP contribution < -0.4 is 10.1 Å². The van der Waals surface area contributed by atoms with Crippen LogP contribution >= 0.6 is 0 Å². The van der Waals surface area contributed by atoms with Crippen LogP contribution in [-0.4, -0.2) is 49.8 Å². The van der Waals surface area contributed by atoms with E-state index in [2.05, 4.69) is 16.4 Å². The number of benzene rings is 2. The van der Waals surface area contributed by atoms with Gasteiger partial charge in [-0.1, -0.05) is 12.1 Å². The zero-order valence-electron chi connectivity index (χ0n) is 23.1. The number of nitrogens with zero attached hydrogens (tertiary/aromatic N) is 5. The number of methoxy groups -OCH3 is 1. The first-order valence-electron chi connectivity index (χ1n) is 13.1. The third-order valence-electron chi connectivity index (χ3n) is 6.53. The molecule has 0 saturated carbocycles. The average Bonchev–Trinajstić information content (AvgIpc) is 3.34. The summed E-state index contributed by atoms with van der Waals surface area (Å²) in [6, 6.07) is 16.0. The molecule has 0 atom stereocenters. The molecule has 0 spiro atoms. The summed E-state index contributed by atoms with van der Waals surface area (Å²) in [6.45, 7) is 8.54. The molecule has 1 aliphatic rings. The Morgan fingerprint density at radius 2 is 1.90 bits per heavy atom. The Kier molecular flexibility index (Phi) is 7.24. The van der Waals surface area contributed by atoms with Gasteiger partial charge in [0.25, 0.3) is 0 Å². The normalized spacial score (nSPS) is 13.1. The second-order valence-corrected chi connectivity index (χ2v) is 10.6. The molecule has 2 aromatic heterocycles. The lowest BCUT2D eigenvalue weighted by atomic mass is 9.99. The van der Waals surface area contributed by atoms with Crippen molar-refractivity contribution in [3.05, 3.63) is 89.3 Å². The van der Waals surface area contributed by atoms with E-state index in [9.17, 15) is 4.79 Å². The monoisotopic (exact) mass is 526 g/mol. The van der Waals surface area contributed by atoms with E-state index in [0.717, 1.165) is 45.5 Å². The lowest BCUT2D eigenvalue weighted by Gasteiger charge is -2.31. The Labute approximate surface area is 228 Å². The Hall–Kier alpha value is -4.40. The van der Waals surface area contributed by atoms with Crippen molar-refractivity contribution in [1.29, 1.82) is 0 Å². The van der Waals surface area contributed by atoms with Crippen molar-refractivity contribution in [2.24, 2.45) is 0 Å². The van der Waals surface area contributed by atoms with Crippen molar-refractivity contribution in [2.45, 2.75) is 52.7 Å². The van der Waals surface area contributed by atoms with Crippen molar-refractivity contribution in [2.75, 3.05) is 19.0 Å². The number of hydrogen-bond acceptors (Lipinski definition) is 7. The third-order valence-corrected chi connectivity index (χ3v) is 6.53. The quantitative estimate of drug-likeness (QED) is 0.349. The Balaban J connectivity index is 1.44. The fourth-order valence-electron chi connectivity index (χ4n) is 4.63. The molecule has 9 nitrogen and oxygen atoms in total. The summed E-state index contributed by atoms with van der Waals surface area (Å²) in [7, 11) is 1.66. The molecule has 0 saturated heterocycles. The van der Waals surface area contributed by atoms with Crippen LogP contribution in [0, 0.1) is 6.92 Å². The number of hydrogen-bond donors (Lipinski definition) is 1. The van der Waals surface area contributed by atoms with Gasteiger partial charge in [-0.15, -0.1) is 0 Å². The zero-order valence-corrected chi connectivity index (χ0v) is 23.1. The van der Waals surface area contributed by atoms with Crippen LogP contribution in [0.4, 0.5) is 16.4 Å². The molecule has 1 aliphatic heterocycles. The summed E-state index contributed by atoms with van der Waals surface area (Å²) >= 11 is 0. The Morgan fingerprint density at radius 1 is 1.10 bits per heavy atom. The molecule has 3 heterocycles. The lowest BCUT2D eigenvalue weighted by Crippen LogP contribution is -2.40. The molecule has 1 N–H and O–H groups in total. The molecule has 2 aromatic carbocycles. The zero-order chi connectivity index (χ0) is 27.6. The van der Waals surface area contributed by atoms with Gasteiger partial charge in [0.2, 0.25) is 5.95 Å². The van der Waals surface area contributed by atoms with E-state index in [1.807, 2.05) is 80.9 Å². The van der Waals surface area contributed by atoms with E-state index in [0.29, 0.717) is 31.9 Å². The fraction of sp³-hybridized carbons (Fsp3) is 0.333. The first kappa shape index (κ1) is 26.2. The van der Waals surface area contributed by atoms with Gasteiger partial charge in [0.15, 0.2) is 0 Å². The number of anilines is 2. The second kappa shape index (κ2) is 10.8. The van der Waals surface area contributed by atoms with Crippen LogP contribution in [0.1, 0.15) is 49.1 Å². The minimum Gasteiger partial charge on any atom is -0.497 e. The molecular weight excluding hydrogens is 492 g/mol. The van der Waals surface area contributed by atoms with Gasteiger partial charge in [-0.05, 0) is 69.7 Å². The highest BCUT2D eigenvalue weighted by Gasteiger charge is 2.29. The van der Waals surface area contributed by atoms with Crippen molar-refractivity contribution < 1.29 is 14.3 Å². The van der Waals surface area contributed by atoms with Gasteiger partial charge >= 0.3 is 6.09 Å². The number of fused-ring (bicyclic) bond motifs is 1. The van der Waals surface area contributed by atoms with Crippen molar-refractivity contribution in [1.82, 2.24) is 24.4 Å². The summed E-state index contributed by atoms with van der Waals surface area (Å²) in [5.74, 6) is 2.25. The van der Waals surface area contributed by atoms with Crippen molar-refractivity contribution in [3.63, 3.8) is 0 Å². The maximum atomic E-state index is 12.8. The van der Waals surface area contributed by atoms with Gasteiger partial charge in [0.05, 0.1) is 25.0 Å². The minimum absolute atomic E-state index is 0.323. The first-order valence-corrected chi connectivity index (χ1v) is 13.1.